The fraction of sp³-hybridized carbons (Fsp3) is 0.512. The Hall–Kier alpha value is -2.61. The molecule has 0 bridgehead atoms. The second-order valence-corrected chi connectivity index (χ2v) is 14.7. The first-order chi connectivity index (χ1) is 25.1. The molecule has 9 nitrogen and oxygen atoms in total. The monoisotopic (exact) mass is 950 g/mol. The van der Waals surface area contributed by atoms with Crippen LogP contribution < -0.4 is 68.0 Å². The third kappa shape index (κ3) is 13.2. The van der Waals surface area contributed by atoms with Crippen LogP contribution in [0.5, 0.6) is 0 Å². The fourth-order valence-electron chi connectivity index (χ4n) is 7.88. The molecule has 0 saturated heterocycles. The van der Waals surface area contributed by atoms with Gasteiger partial charge in [0.2, 0.25) is 0 Å². The van der Waals surface area contributed by atoms with Crippen LogP contribution in [0, 0.1) is 0 Å². The maximum Gasteiger partial charge on any atom is 0.336 e. The van der Waals surface area contributed by atoms with Gasteiger partial charge in [-0.3, -0.25) is 0 Å². The summed E-state index contributed by atoms with van der Waals surface area (Å²) in [7, 11) is 0. The van der Waals surface area contributed by atoms with Crippen molar-refractivity contribution in [3.63, 3.8) is 0 Å². The average Bonchev–Trinajstić information content (AvgIpc) is 3.18. The van der Waals surface area contributed by atoms with E-state index in [2.05, 4.69) is 114 Å². The summed E-state index contributed by atoms with van der Waals surface area (Å²) in [5.74, 6) is 0. The summed E-state index contributed by atoms with van der Waals surface area (Å²) in [6.07, 6.45) is 0.664. The number of hydrogen-bond donors (Lipinski definition) is 0. The van der Waals surface area contributed by atoms with Crippen LogP contribution in [0.3, 0.4) is 0 Å². The number of hydrogen-bond acceptors (Lipinski definition) is 3. The highest BCUT2D eigenvalue weighted by molar-refractivity contribution is 5.15. The van der Waals surface area contributed by atoms with Crippen molar-refractivity contribution < 1.29 is 64.4 Å². The molecule has 0 amide bonds. The molecule has 0 aliphatic rings. The molecule has 0 unspecified atom stereocenters. The maximum atomic E-state index is 14.3. The van der Waals surface area contributed by atoms with Crippen molar-refractivity contribution in [2.75, 3.05) is 58.9 Å². The largest absolute Gasteiger partial charge is 1.00 e. The van der Waals surface area contributed by atoms with E-state index in [-0.39, 0.29) is 70.6 Å². The minimum Gasteiger partial charge on any atom is -1.00 e. The van der Waals surface area contributed by atoms with Gasteiger partial charge in [0.15, 0.2) is 0 Å². The average molecular weight is 954 g/mol. The van der Waals surface area contributed by atoms with Crippen molar-refractivity contribution in [2.45, 2.75) is 87.2 Å². The number of rotatable bonds is 22. The van der Waals surface area contributed by atoms with Gasteiger partial charge in [-0.1, -0.05) is 91.0 Å². The van der Waals surface area contributed by atoms with E-state index in [0.717, 1.165) is 78.9 Å². The molecule has 0 spiro atoms. The van der Waals surface area contributed by atoms with Gasteiger partial charge in [-0.25, -0.2) is 28.1 Å². The van der Waals surface area contributed by atoms with Crippen LogP contribution in [0.15, 0.2) is 105 Å². The summed E-state index contributed by atoms with van der Waals surface area (Å²) in [5, 5.41) is 0. The minimum absolute atomic E-state index is 0. The van der Waals surface area contributed by atoms with Crippen molar-refractivity contribution in [3.8, 4) is 0 Å². The van der Waals surface area contributed by atoms with E-state index in [9.17, 15) is 14.4 Å². The van der Waals surface area contributed by atoms with E-state index in [1.54, 1.807) is 0 Å². The van der Waals surface area contributed by atoms with E-state index < -0.39 is 17.1 Å². The molecule has 0 radical (unpaired) electrons. The summed E-state index contributed by atoms with van der Waals surface area (Å²) in [5.41, 5.74) is 2.29. The molecular formula is C43H65Br3N6O3. The number of nitrogens with zero attached hydrogens (tertiary/aromatic N) is 6. The highest BCUT2D eigenvalue weighted by Gasteiger charge is 2.29. The molecular weight excluding hydrogens is 888 g/mol. The van der Waals surface area contributed by atoms with E-state index >= 15 is 0 Å². The Morgan fingerprint density at radius 2 is 0.636 bits per heavy atom. The summed E-state index contributed by atoms with van der Waals surface area (Å²) in [6.45, 7) is 23.9. The molecule has 306 valence electrons. The molecule has 55 heavy (non-hydrogen) atoms. The molecule has 4 aromatic rings. The van der Waals surface area contributed by atoms with Gasteiger partial charge in [0.25, 0.3) is 0 Å². The third-order valence-corrected chi connectivity index (χ3v) is 12.1. The molecule has 12 heteroatoms. The lowest BCUT2D eigenvalue weighted by Gasteiger charge is -2.38. The second kappa shape index (κ2) is 24.2. The number of likely N-dealkylation sites (N-methyl/N-ethyl adjacent to an activating group) is 2. The van der Waals surface area contributed by atoms with Crippen molar-refractivity contribution >= 4 is 0 Å². The van der Waals surface area contributed by atoms with Crippen molar-refractivity contribution in [2.24, 2.45) is 0 Å². The molecule has 0 fully saturated rings. The molecule has 1 aromatic heterocycles. The highest BCUT2D eigenvalue weighted by Crippen LogP contribution is 2.17. The Balaban J connectivity index is 0.00000504. The quantitative estimate of drug-likeness (QED) is 0.0780. The van der Waals surface area contributed by atoms with Gasteiger partial charge in [0, 0.05) is 29.7 Å². The lowest BCUT2D eigenvalue weighted by Crippen LogP contribution is -3.00. The van der Waals surface area contributed by atoms with E-state index in [0.29, 0.717) is 19.5 Å². The molecule has 0 aliphatic heterocycles. The van der Waals surface area contributed by atoms with Crippen LogP contribution in [0.4, 0.5) is 0 Å². The Kier molecular flexibility index (Phi) is 22.2. The predicted octanol–water partition coefficient (Wildman–Crippen LogP) is -3.26. The molecule has 4 rings (SSSR count). The zero-order valence-electron chi connectivity index (χ0n) is 34.0. The highest BCUT2D eigenvalue weighted by atomic mass is 79.9. The third-order valence-electron chi connectivity index (χ3n) is 12.1. The molecule has 0 N–H and O–H groups in total. The standard InChI is InChI=1S/C43H65N6O3.3BrH/c1-7-47(8-2,35-38-23-16-13-17-24-38)32-22-29-44-41(50)45(30-33-48(9-3,10-4)36-39-25-18-14-19-26-39)43(52)46(42(44)51)31-34-49(11-5,12-6)37-40-27-20-15-21-28-40;;;/h13-21,23-28H,7-12,22,29-37H2,1-6H3;3*1H/q+3;;;/p-3. The Labute approximate surface area is 361 Å². The normalized spacial score (nSPS) is 11.7. The minimum atomic E-state index is -0.488. The fourth-order valence-corrected chi connectivity index (χ4v) is 7.88. The van der Waals surface area contributed by atoms with Gasteiger partial charge in [-0.15, -0.1) is 0 Å². The predicted molar refractivity (Wildman–Crippen MR) is 213 cm³/mol. The van der Waals surface area contributed by atoms with Gasteiger partial charge < -0.3 is 64.4 Å². The zero-order chi connectivity index (χ0) is 37.6. The first-order valence-electron chi connectivity index (χ1n) is 19.7. The Morgan fingerprint density at radius 1 is 0.382 bits per heavy atom. The van der Waals surface area contributed by atoms with Crippen molar-refractivity contribution in [1.29, 1.82) is 0 Å². The Bertz CT molecular complexity index is 1740. The smallest absolute Gasteiger partial charge is 0.336 e. The van der Waals surface area contributed by atoms with Crippen LogP contribution in [0.25, 0.3) is 0 Å². The van der Waals surface area contributed by atoms with Crippen LogP contribution in [0.2, 0.25) is 0 Å². The van der Waals surface area contributed by atoms with Gasteiger partial charge in [-0.2, -0.15) is 0 Å². The maximum absolute atomic E-state index is 14.3. The molecule has 0 atom stereocenters. The zero-order valence-corrected chi connectivity index (χ0v) is 38.8. The Morgan fingerprint density at radius 3 is 0.909 bits per heavy atom. The van der Waals surface area contributed by atoms with Crippen LogP contribution >= 0.6 is 0 Å². The van der Waals surface area contributed by atoms with Gasteiger partial charge in [0.1, 0.15) is 19.6 Å². The lowest BCUT2D eigenvalue weighted by molar-refractivity contribution is -0.938. The summed E-state index contributed by atoms with van der Waals surface area (Å²) in [6, 6.07) is 31.4. The van der Waals surface area contributed by atoms with Gasteiger partial charge in [-0.05, 0) is 41.5 Å². The molecule has 1 heterocycles. The first kappa shape index (κ1) is 50.4. The van der Waals surface area contributed by atoms with E-state index in [1.807, 2.05) is 18.2 Å². The van der Waals surface area contributed by atoms with E-state index in [4.69, 9.17) is 0 Å². The molecule has 0 aliphatic carbocycles. The second-order valence-electron chi connectivity index (χ2n) is 14.7. The first-order valence-corrected chi connectivity index (χ1v) is 19.7. The molecule has 3 aromatic carbocycles. The number of aromatic nitrogens is 3. The van der Waals surface area contributed by atoms with Crippen LogP contribution in [-0.2, 0) is 39.3 Å². The van der Waals surface area contributed by atoms with Crippen LogP contribution in [-0.4, -0.2) is 86.1 Å². The van der Waals surface area contributed by atoms with Crippen LogP contribution in [0.1, 0.15) is 64.7 Å². The van der Waals surface area contributed by atoms with Crippen molar-refractivity contribution in [3.05, 3.63) is 139 Å². The summed E-state index contributed by atoms with van der Waals surface area (Å²) in [4.78, 5) is 42.8. The topological polar surface area (TPSA) is 66.0 Å². The number of benzene rings is 3. The van der Waals surface area contributed by atoms with Gasteiger partial charge in [0.05, 0.1) is 72.0 Å². The lowest BCUT2D eigenvalue weighted by atomic mass is 10.1. The van der Waals surface area contributed by atoms with Gasteiger partial charge >= 0.3 is 17.1 Å². The van der Waals surface area contributed by atoms with Crippen molar-refractivity contribution in [1.82, 2.24) is 13.7 Å². The summed E-state index contributed by atoms with van der Waals surface area (Å²) < 4.78 is 6.43. The van der Waals surface area contributed by atoms with E-state index in [1.165, 1.54) is 30.4 Å². The SMILES string of the molecule is CC[N+](CC)(CCCn1c(=O)n(CC[N+](CC)(CC)Cc2ccccc2)c(=O)n(CC[N+](CC)(CC)Cc2ccccc2)c1=O)Cc1ccccc1.[Br-].[Br-].[Br-]. The number of halogens is 3. The number of quaternary nitrogens is 3. The molecule has 0 saturated carbocycles. The summed E-state index contributed by atoms with van der Waals surface area (Å²) >= 11 is 0.